The number of carbonyl (C=O) groups excluding carboxylic acids is 2. The molecule has 0 spiro atoms. The van der Waals surface area contributed by atoms with Gasteiger partial charge >= 0.3 is 11.9 Å². The van der Waals surface area contributed by atoms with Crippen molar-refractivity contribution in [3.8, 4) is 0 Å². The Kier molecular flexibility index (Phi) is 7.61. The molecule has 0 radical (unpaired) electrons. The van der Waals surface area contributed by atoms with Gasteiger partial charge in [0.25, 0.3) is 11.8 Å². The molecule has 10 nitrogen and oxygen atoms in total. The minimum atomic E-state index is -1.21. The van der Waals surface area contributed by atoms with Gasteiger partial charge in [0.2, 0.25) is 0 Å². The van der Waals surface area contributed by atoms with Crippen molar-refractivity contribution in [3.63, 3.8) is 0 Å². The van der Waals surface area contributed by atoms with Crippen LogP contribution in [0.1, 0.15) is 27.1 Å². The van der Waals surface area contributed by atoms with Crippen LogP contribution in [0.4, 0.5) is 0 Å². The van der Waals surface area contributed by atoms with Gasteiger partial charge in [0.05, 0.1) is 35.6 Å². The SMILES string of the molecule is CNC(=O)c1ccccc1C(=O)NCCOCC1=NC=C(C(=O)O)CC1C(=O)O. The summed E-state index contributed by atoms with van der Waals surface area (Å²) in [5.41, 5.74) is 0.595. The third-order valence-electron chi connectivity index (χ3n) is 4.21. The summed E-state index contributed by atoms with van der Waals surface area (Å²) < 4.78 is 5.37. The van der Waals surface area contributed by atoms with E-state index in [0.717, 1.165) is 6.20 Å². The average molecular weight is 403 g/mol. The Morgan fingerprint density at radius 1 is 1.14 bits per heavy atom. The van der Waals surface area contributed by atoms with Gasteiger partial charge in [0, 0.05) is 19.8 Å². The van der Waals surface area contributed by atoms with Crippen molar-refractivity contribution in [2.75, 3.05) is 26.8 Å². The fraction of sp³-hybridized carbons (Fsp3) is 0.316. The Labute approximate surface area is 166 Å². The van der Waals surface area contributed by atoms with E-state index in [2.05, 4.69) is 15.6 Å². The van der Waals surface area contributed by atoms with Crippen LogP contribution in [0.25, 0.3) is 0 Å². The van der Waals surface area contributed by atoms with Crippen molar-refractivity contribution in [3.05, 3.63) is 47.2 Å². The maximum Gasteiger partial charge on any atom is 0.333 e. The lowest BCUT2D eigenvalue weighted by molar-refractivity contribution is -0.139. The van der Waals surface area contributed by atoms with Gasteiger partial charge in [-0.25, -0.2) is 4.79 Å². The lowest BCUT2D eigenvalue weighted by atomic mass is 9.93. The number of benzene rings is 1. The zero-order valence-corrected chi connectivity index (χ0v) is 15.7. The number of hydrogen-bond acceptors (Lipinski definition) is 6. The molecule has 2 amide bonds. The Morgan fingerprint density at radius 2 is 1.79 bits per heavy atom. The largest absolute Gasteiger partial charge is 0.481 e. The van der Waals surface area contributed by atoms with E-state index < -0.39 is 23.8 Å². The first-order valence-corrected chi connectivity index (χ1v) is 8.74. The van der Waals surface area contributed by atoms with Crippen LogP contribution in [0.2, 0.25) is 0 Å². The van der Waals surface area contributed by atoms with Crippen LogP contribution in [-0.4, -0.2) is 66.5 Å². The van der Waals surface area contributed by atoms with Crippen LogP contribution >= 0.6 is 0 Å². The first-order chi connectivity index (χ1) is 13.8. The summed E-state index contributed by atoms with van der Waals surface area (Å²) in [4.78, 5) is 50.3. The first-order valence-electron chi connectivity index (χ1n) is 8.74. The van der Waals surface area contributed by atoms with Gasteiger partial charge in [-0.1, -0.05) is 12.1 Å². The fourth-order valence-electron chi connectivity index (χ4n) is 2.67. The van der Waals surface area contributed by atoms with E-state index in [1.54, 1.807) is 12.1 Å². The molecule has 1 unspecified atom stereocenters. The number of carboxylic acids is 2. The molecule has 1 aliphatic rings. The fourth-order valence-corrected chi connectivity index (χ4v) is 2.67. The number of carboxylic acid groups (broad SMARTS) is 2. The van der Waals surface area contributed by atoms with E-state index in [-0.39, 0.29) is 54.5 Å². The summed E-state index contributed by atoms with van der Waals surface area (Å²) in [6.45, 7) is 0.0992. The van der Waals surface area contributed by atoms with Crippen LogP contribution in [0.5, 0.6) is 0 Å². The van der Waals surface area contributed by atoms with Gasteiger partial charge < -0.3 is 25.6 Å². The zero-order chi connectivity index (χ0) is 21.4. The lowest BCUT2D eigenvalue weighted by Crippen LogP contribution is -2.33. The second-order valence-electron chi connectivity index (χ2n) is 6.11. The topological polar surface area (TPSA) is 154 Å². The van der Waals surface area contributed by atoms with E-state index in [9.17, 15) is 24.3 Å². The summed E-state index contributed by atoms with van der Waals surface area (Å²) in [6.07, 6.45) is 0.956. The number of rotatable bonds is 9. The molecule has 2 rings (SSSR count). The number of hydrogen-bond donors (Lipinski definition) is 4. The summed E-state index contributed by atoms with van der Waals surface area (Å²) in [5, 5.41) is 23.3. The van der Waals surface area contributed by atoms with E-state index in [0.29, 0.717) is 0 Å². The van der Waals surface area contributed by atoms with Gasteiger partial charge in [-0.15, -0.1) is 0 Å². The molecule has 0 saturated heterocycles. The highest BCUT2D eigenvalue weighted by molar-refractivity contribution is 6.07. The van der Waals surface area contributed by atoms with E-state index >= 15 is 0 Å². The molecule has 154 valence electrons. The molecule has 0 saturated carbocycles. The van der Waals surface area contributed by atoms with Gasteiger partial charge in [0.15, 0.2) is 0 Å². The van der Waals surface area contributed by atoms with E-state index in [1.165, 1.54) is 19.2 Å². The Bertz CT molecular complexity index is 876. The number of nitrogens with zero attached hydrogens (tertiary/aromatic N) is 1. The number of aliphatic carboxylic acids is 2. The van der Waals surface area contributed by atoms with Gasteiger partial charge in [-0.05, 0) is 18.6 Å². The number of aliphatic imine (C=N–C) groups is 1. The van der Waals surface area contributed by atoms with Crippen molar-refractivity contribution in [2.45, 2.75) is 6.42 Å². The summed E-state index contributed by atoms with van der Waals surface area (Å²) in [7, 11) is 1.47. The molecular weight excluding hydrogens is 382 g/mol. The maximum absolute atomic E-state index is 12.3. The van der Waals surface area contributed by atoms with Crippen LogP contribution in [0.3, 0.4) is 0 Å². The molecule has 0 fully saturated rings. The van der Waals surface area contributed by atoms with Crippen LogP contribution < -0.4 is 10.6 Å². The summed E-state index contributed by atoms with van der Waals surface area (Å²) in [5.74, 6) is -4.28. The number of carbonyl (C=O) groups is 4. The maximum atomic E-state index is 12.3. The third kappa shape index (κ3) is 5.72. The Morgan fingerprint density at radius 3 is 2.38 bits per heavy atom. The minimum absolute atomic E-state index is 0.0781. The standard InChI is InChI=1S/C19H21N3O7/c1-20-16(23)12-4-2-3-5-13(12)17(24)21-6-7-29-10-15-14(19(27)28)8-11(9-22-15)18(25)26/h2-5,9,14H,6-8,10H2,1H3,(H,20,23)(H,21,24)(H,25,26)(H,27,28). The molecule has 1 aliphatic heterocycles. The molecule has 4 N–H and O–H groups in total. The van der Waals surface area contributed by atoms with Gasteiger partial charge in [0.1, 0.15) is 5.92 Å². The van der Waals surface area contributed by atoms with Crippen LogP contribution in [-0.2, 0) is 14.3 Å². The second-order valence-corrected chi connectivity index (χ2v) is 6.11. The molecular formula is C19H21N3O7. The lowest BCUT2D eigenvalue weighted by Gasteiger charge is -2.19. The highest BCUT2D eigenvalue weighted by Gasteiger charge is 2.30. The molecule has 0 aromatic heterocycles. The molecule has 1 atom stereocenters. The van der Waals surface area contributed by atoms with Crippen molar-refractivity contribution < 1.29 is 34.1 Å². The van der Waals surface area contributed by atoms with Crippen molar-refractivity contribution in [2.24, 2.45) is 10.9 Å². The predicted octanol–water partition coefficient (Wildman–Crippen LogP) is 0.307. The highest BCUT2D eigenvalue weighted by atomic mass is 16.5. The third-order valence-corrected chi connectivity index (χ3v) is 4.21. The number of amides is 2. The molecule has 29 heavy (non-hydrogen) atoms. The van der Waals surface area contributed by atoms with Crippen molar-refractivity contribution >= 4 is 29.5 Å². The van der Waals surface area contributed by atoms with E-state index in [1.807, 2.05) is 0 Å². The molecule has 1 heterocycles. The minimum Gasteiger partial charge on any atom is -0.481 e. The summed E-state index contributed by atoms with van der Waals surface area (Å²) >= 11 is 0. The molecule has 0 bridgehead atoms. The second kappa shape index (κ2) is 10.1. The van der Waals surface area contributed by atoms with Crippen LogP contribution in [0, 0.1) is 5.92 Å². The smallest absolute Gasteiger partial charge is 0.333 e. The Hall–Kier alpha value is -3.53. The van der Waals surface area contributed by atoms with Gasteiger partial charge in [-0.2, -0.15) is 0 Å². The molecule has 1 aromatic rings. The summed E-state index contributed by atoms with van der Waals surface area (Å²) in [6, 6.07) is 6.36. The highest BCUT2D eigenvalue weighted by Crippen LogP contribution is 2.20. The normalized spacial score (nSPS) is 15.7. The first kappa shape index (κ1) is 21.8. The van der Waals surface area contributed by atoms with E-state index in [4.69, 9.17) is 9.84 Å². The van der Waals surface area contributed by atoms with Gasteiger partial charge in [-0.3, -0.25) is 19.4 Å². The quantitative estimate of drug-likeness (QED) is 0.433. The molecule has 1 aromatic carbocycles. The van der Waals surface area contributed by atoms with Crippen LogP contribution in [0.15, 0.2) is 41.0 Å². The monoisotopic (exact) mass is 403 g/mol. The number of ether oxygens (including phenoxy) is 1. The zero-order valence-electron chi connectivity index (χ0n) is 15.7. The Balaban J connectivity index is 1.87. The van der Waals surface area contributed by atoms with Crippen molar-refractivity contribution in [1.29, 1.82) is 0 Å². The van der Waals surface area contributed by atoms with Crippen molar-refractivity contribution in [1.82, 2.24) is 10.6 Å². The molecule has 0 aliphatic carbocycles. The predicted molar refractivity (Wildman–Crippen MR) is 102 cm³/mol. The average Bonchev–Trinajstić information content (AvgIpc) is 2.72. The molecule has 10 heteroatoms. The number of nitrogens with one attached hydrogen (secondary N) is 2.